The van der Waals surface area contributed by atoms with Crippen LogP contribution in [0.15, 0.2) is 27.8 Å². The van der Waals surface area contributed by atoms with Crippen LogP contribution >= 0.6 is 0 Å². The van der Waals surface area contributed by atoms with Gasteiger partial charge in [0.15, 0.2) is 5.96 Å². The van der Waals surface area contributed by atoms with E-state index in [-0.39, 0.29) is 6.04 Å². The summed E-state index contributed by atoms with van der Waals surface area (Å²) in [5.74, 6) is 1.96. The molecule has 3 rings (SSSR count). The fourth-order valence-electron chi connectivity index (χ4n) is 3.25. The maximum Gasteiger partial charge on any atom is 0.191 e. The van der Waals surface area contributed by atoms with Crippen molar-refractivity contribution in [3.8, 4) is 0 Å². The number of piperidine rings is 1. The largest absolute Gasteiger partial charge is 0.468 e. The normalized spacial score (nSPS) is 22.1. The number of nitrogens with zero attached hydrogens (tertiary/aromatic N) is 2. The molecule has 2 heterocycles. The van der Waals surface area contributed by atoms with Crippen LogP contribution in [0.5, 0.6) is 0 Å². The minimum atomic E-state index is 0.287. The van der Waals surface area contributed by atoms with Crippen molar-refractivity contribution in [3.05, 3.63) is 24.2 Å². The molecule has 0 amide bonds. The van der Waals surface area contributed by atoms with Crippen molar-refractivity contribution in [1.82, 2.24) is 15.5 Å². The van der Waals surface area contributed by atoms with Gasteiger partial charge in [0.1, 0.15) is 5.76 Å². The summed E-state index contributed by atoms with van der Waals surface area (Å²) in [5, 5.41) is 6.99. The molecule has 5 nitrogen and oxygen atoms in total. The monoisotopic (exact) mass is 304 g/mol. The van der Waals surface area contributed by atoms with Crippen LogP contribution in [0, 0.1) is 0 Å². The summed E-state index contributed by atoms with van der Waals surface area (Å²) < 4.78 is 5.69. The van der Waals surface area contributed by atoms with E-state index in [0.717, 1.165) is 31.4 Å². The first-order valence-corrected chi connectivity index (χ1v) is 8.61. The second-order valence-electron chi connectivity index (χ2n) is 6.35. The topological polar surface area (TPSA) is 52.8 Å². The van der Waals surface area contributed by atoms with E-state index >= 15 is 0 Å². The zero-order valence-corrected chi connectivity index (χ0v) is 13.6. The molecule has 2 fully saturated rings. The van der Waals surface area contributed by atoms with Crippen molar-refractivity contribution in [3.63, 3.8) is 0 Å². The number of likely N-dealkylation sites (tertiary alicyclic amines) is 1. The number of furan rings is 1. The quantitative estimate of drug-likeness (QED) is 0.648. The fraction of sp³-hybridized carbons (Fsp3) is 0.706. The molecule has 2 N–H and O–H groups in total. The highest BCUT2D eigenvalue weighted by atomic mass is 16.3. The third kappa shape index (κ3) is 3.83. The fourth-order valence-corrected chi connectivity index (χ4v) is 3.25. The molecule has 1 atom stereocenters. The van der Waals surface area contributed by atoms with Gasteiger partial charge in [0.05, 0.1) is 12.3 Å². The SMILES string of the molecule is CN=C(NCC(c1ccco1)N1CCCCC1)NC1CCC1. The first-order chi connectivity index (χ1) is 10.9. The lowest BCUT2D eigenvalue weighted by Crippen LogP contribution is -2.49. The van der Waals surface area contributed by atoms with Gasteiger partial charge in [-0.2, -0.15) is 0 Å². The van der Waals surface area contributed by atoms with Gasteiger partial charge in [-0.15, -0.1) is 0 Å². The van der Waals surface area contributed by atoms with E-state index in [1.807, 2.05) is 13.1 Å². The molecule has 0 radical (unpaired) electrons. The van der Waals surface area contributed by atoms with Crippen LogP contribution in [0.2, 0.25) is 0 Å². The summed E-state index contributed by atoms with van der Waals surface area (Å²) in [6.45, 7) is 3.14. The summed E-state index contributed by atoms with van der Waals surface area (Å²) in [4.78, 5) is 6.89. The Morgan fingerprint density at radius 3 is 2.73 bits per heavy atom. The molecule has 1 aromatic heterocycles. The molecule has 122 valence electrons. The molecule has 1 saturated carbocycles. The Morgan fingerprint density at radius 2 is 2.14 bits per heavy atom. The standard InChI is InChI=1S/C17H28N4O/c1-18-17(20-14-7-5-8-14)19-13-15(16-9-6-12-22-16)21-10-3-2-4-11-21/h6,9,12,14-15H,2-5,7-8,10-11,13H2,1H3,(H2,18,19,20). The van der Waals surface area contributed by atoms with Crippen LogP contribution in [-0.4, -0.2) is 43.6 Å². The number of rotatable bonds is 5. The van der Waals surface area contributed by atoms with Gasteiger partial charge in [0, 0.05) is 19.6 Å². The smallest absolute Gasteiger partial charge is 0.191 e. The van der Waals surface area contributed by atoms with Crippen LogP contribution in [0.1, 0.15) is 50.3 Å². The van der Waals surface area contributed by atoms with Gasteiger partial charge < -0.3 is 15.1 Å². The maximum atomic E-state index is 5.69. The molecule has 0 bridgehead atoms. The molecule has 0 aromatic carbocycles. The summed E-state index contributed by atoms with van der Waals surface area (Å²) in [5.41, 5.74) is 0. The minimum Gasteiger partial charge on any atom is -0.468 e. The van der Waals surface area contributed by atoms with Crippen LogP contribution in [0.3, 0.4) is 0 Å². The molecule has 1 unspecified atom stereocenters. The lowest BCUT2D eigenvalue weighted by Gasteiger charge is -2.34. The molecule has 1 aromatic rings. The summed E-state index contributed by atoms with van der Waals surface area (Å²) in [6.07, 6.45) is 9.53. The van der Waals surface area contributed by atoms with Crippen molar-refractivity contribution < 1.29 is 4.42 Å². The zero-order chi connectivity index (χ0) is 15.2. The predicted octanol–water partition coefficient (Wildman–Crippen LogP) is 2.52. The van der Waals surface area contributed by atoms with Gasteiger partial charge in [-0.05, 0) is 57.3 Å². The van der Waals surface area contributed by atoms with Crippen molar-refractivity contribution >= 4 is 5.96 Å². The van der Waals surface area contributed by atoms with Crippen LogP contribution < -0.4 is 10.6 Å². The van der Waals surface area contributed by atoms with Crippen molar-refractivity contribution in [2.75, 3.05) is 26.7 Å². The van der Waals surface area contributed by atoms with E-state index in [9.17, 15) is 0 Å². The van der Waals surface area contributed by atoms with E-state index in [1.54, 1.807) is 6.26 Å². The predicted molar refractivity (Wildman–Crippen MR) is 89.0 cm³/mol. The van der Waals surface area contributed by atoms with Gasteiger partial charge >= 0.3 is 0 Å². The number of aliphatic imine (C=N–C) groups is 1. The molecule has 1 saturated heterocycles. The molecular formula is C17H28N4O. The third-order valence-corrected chi connectivity index (χ3v) is 4.84. The molecule has 5 heteroatoms. The summed E-state index contributed by atoms with van der Waals surface area (Å²) in [7, 11) is 1.84. The second-order valence-corrected chi connectivity index (χ2v) is 6.35. The Bertz CT molecular complexity index is 461. The lowest BCUT2D eigenvalue weighted by molar-refractivity contribution is 0.146. The van der Waals surface area contributed by atoms with Gasteiger partial charge in [0.25, 0.3) is 0 Å². The van der Waals surface area contributed by atoms with Gasteiger partial charge in [-0.1, -0.05) is 6.42 Å². The van der Waals surface area contributed by atoms with E-state index in [2.05, 4.69) is 26.6 Å². The van der Waals surface area contributed by atoms with E-state index < -0.39 is 0 Å². The van der Waals surface area contributed by atoms with Gasteiger partial charge in [-0.3, -0.25) is 9.89 Å². The van der Waals surface area contributed by atoms with Crippen molar-refractivity contribution in [2.45, 2.75) is 50.6 Å². The van der Waals surface area contributed by atoms with Gasteiger partial charge in [-0.25, -0.2) is 0 Å². The first-order valence-electron chi connectivity index (χ1n) is 8.61. The number of hydrogen-bond acceptors (Lipinski definition) is 3. The summed E-state index contributed by atoms with van der Waals surface area (Å²) in [6, 6.07) is 4.95. The molecule has 22 heavy (non-hydrogen) atoms. The van der Waals surface area contributed by atoms with Crippen LogP contribution in [0.25, 0.3) is 0 Å². The Morgan fingerprint density at radius 1 is 1.32 bits per heavy atom. The maximum absolute atomic E-state index is 5.69. The Labute approximate surface area is 133 Å². The minimum absolute atomic E-state index is 0.287. The lowest BCUT2D eigenvalue weighted by atomic mass is 9.93. The van der Waals surface area contributed by atoms with E-state index in [1.165, 1.54) is 38.5 Å². The number of guanidine groups is 1. The van der Waals surface area contributed by atoms with E-state index in [0.29, 0.717) is 6.04 Å². The molecule has 1 aliphatic heterocycles. The summed E-state index contributed by atoms with van der Waals surface area (Å²) >= 11 is 0. The Hall–Kier alpha value is -1.49. The first kappa shape index (κ1) is 15.4. The molecule has 0 spiro atoms. The Balaban J connectivity index is 1.59. The van der Waals surface area contributed by atoms with Crippen molar-refractivity contribution in [1.29, 1.82) is 0 Å². The second kappa shape index (κ2) is 7.68. The zero-order valence-electron chi connectivity index (χ0n) is 13.6. The molecule has 2 aliphatic rings. The average molecular weight is 304 g/mol. The Kier molecular flexibility index (Phi) is 5.38. The number of nitrogens with one attached hydrogen (secondary N) is 2. The average Bonchev–Trinajstić information content (AvgIpc) is 3.04. The van der Waals surface area contributed by atoms with Crippen LogP contribution in [0.4, 0.5) is 0 Å². The van der Waals surface area contributed by atoms with Crippen LogP contribution in [-0.2, 0) is 0 Å². The van der Waals surface area contributed by atoms with Crippen molar-refractivity contribution in [2.24, 2.45) is 4.99 Å². The highest BCUT2D eigenvalue weighted by Crippen LogP contribution is 2.24. The molecule has 1 aliphatic carbocycles. The number of hydrogen-bond donors (Lipinski definition) is 2. The molecular weight excluding hydrogens is 276 g/mol. The third-order valence-electron chi connectivity index (χ3n) is 4.84. The van der Waals surface area contributed by atoms with E-state index in [4.69, 9.17) is 4.42 Å². The van der Waals surface area contributed by atoms with Gasteiger partial charge in [0.2, 0.25) is 0 Å². The highest BCUT2D eigenvalue weighted by Gasteiger charge is 2.25. The highest BCUT2D eigenvalue weighted by molar-refractivity contribution is 5.80.